The predicted octanol–water partition coefficient (Wildman–Crippen LogP) is 2.74. The van der Waals surface area contributed by atoms with Gasteiger partial charge in [-0.25, -0.2) is 4.39 Å². The van der Waals surface area contributed by atoms with Crippen molar-refractivity contribution in [3.05, 3.63) is 65.5 Å². The number of rotatable bonds is 5. The fourth-order valence-corrected chi connectivity index (χ4v) is 1.82. The van der Waals surface area contributed by atoms with Gasteiger partial charge in [-0.1, -0.05) is 24.3 Å². The van der Waals surface area contributed by atoms with E-state index in [2.05, 4.69) is 5.32 Å². The Morgan fingerprint density at radius 1 is 1.00 bits per heavy atom. The Balaban J connectivity index is 1.74. The average Bonchev–Trinajstić information content (AvgIpc) is 2.37. The number of halogens is 1. The standard InChI is InChI=1S/C15H17FN2/c16-14-6-4-12(5-7-14)8-9-18-11-13-2-1-3-15(17)10-13/h1-7,10,18H,8-9,11,17H2. The Bertz CT molecular complexity index is 494. The molecular formula is C15H17FN2. The first-order chi connectivity index (χ1) is 8.74. The van der Waals surface area contributed by atoms with E-state index < -0.39 is 0 Å². The average molecular weight is 244 g/mol. The molecule has 0 saturated carbocycles. The van der Waals surface area contributed by atoms with Gasteiger partial charge in [-0.2, -0.15) is 0 Å². The van der Waals surface area contributed by atoms with Crippen LogP contribution in [-0.4, -0.2) is 6.54 Å². The Labute approximate surface area is 107 Å². The van der Waals surface area contributed by atoms with Crippen LogP contribution in [0.25, 0.3) is 0 Å². The van der Waals surface area contributed by atoms with Crippen molar-refractivity contribution >= 4 is 5.69 Å². The summed E-state index contributed by atoms with van der Waals surface area (Å²) in [6.07, 6.45) is 0.891. The van der Waals surface area contributed by atoms with Crippen molar-refractivity contribution in [2.24, 2.45) is 0 Å². The molecule has 0 fully saturated rings. The lowest BCUT2D eigenvalue weighted by atomic mass is 10.1. The van der Waals surface area contributed by atoms with E-state index >= 15 is 0 Å². The van der Waals surface area contributed by atoms with Crippen molar-refractivity contribution < 1.29 is 4.39 Å². The summed E-state index contributed by atoms with van der Waals surface area (Å²) in [5.41, 5.74) is 8.80. The zero-order chi connectivity index (χ0) is 12.8. The van der Waals surface area contributed by atoms with E-state index in [1.54, 1.807) is 0 Å². The van der Waals surface area contributed by atoms with Crippen LogP contribution in [0.4, 0.5) is 10.1 Å². The molecule has 0 bridgehead atoms. The van der Waals surface area contributed by atoms with Crippen molar-refractivity contribution in [1.82, 2.24) is 5.32 Å². The summed E-state index contributed by atoms with van der Waals surface area (Å²) >= 11 is 0. The summed E-state index contributed by atoms with van der Waals surface area (Å²) < 4.78 is 12.7. The van der Waals surface area contributed by atoms with E-state index in [4.69, 9.17) is 5.73 Å². The third kappa shape index (κ3) is 3.86. The van der Waals surface area contributed by atoms with Crippen LogP contribution in [-0.2, 0) is 13.0 Å². The molecule has 0 unspecified atom stereocenters. The highest BCUT2D eigenvalue weighted by atomic mass is 19.1. The van der Waals surface area contributed by atoms with Gasteiger partial charge >= 0.3 is 0 Å². The molecule has 2 aromatic rings. The summed E-state index contributed by atoms with van der Waals surface area (Å²) in [7, 11) is 0. The van der Waals surface area contributed by atoms with E-state index in [-0.39, 0.29) is 5.82 Å². The van der Waals surface area contributed by atoms with Gasteiger partial charge in [-0.05, 0) is 48.4 Å². The minimum atomic E-state index is -0.188. The molecule has 3 heteroatoms. The van der Waals surface area contributed by atoms with E-state index in [9.17, 15) is 4.39 Å². The molecule has 0 aliphatic heterocycles. The van der Waals surface area contributed by atoms with Crippen LogP contribution >= 0.6 is 0 Å². The second-order valence-electron chi connectivity index (χ2n) is 4.30. The molecule has 2 nitrogen and oxygen atoms in total. The maximum Gasteiger partial charge on any atom is 0.123 e. The predicted molar refractivity (Wildman–Crippen MR) is 72.7 cm³/mol. The van der Waals surface area contributed by atoms with E-state index in [1.807, 2.05) is 36.4 Å². The molecule has 0 heterocycles. The fourth-order valence-electron chi connectivity index (χ4n) is 1.82. The van der Waals surface area contributed by atoms with Gasteiger partial charge in [-0.3, -0.25) is 0 Å². The van der Waals surface area contributed by atoms with Crippen molar-refractivity contribution in [2.45, 2.75) is 13.0 Å². The largest absolute Gasteiger partial charge is 0.399 e. The molecule has 0 atom stereocenters. The van der Waals surface area contributed by atoms with E-state index in [0.717, 1.165) is 30.8 Å². The SMILES string of the molecule is Nc1cccc(CNCCc2ccc(F)cc2)c1. The highest BCUT2D eigenvalue weighted by Crippen LogP contribution is 2.06. The Hall–Kier alpha value is -1.87. The summed E-state index contributed by atoms with van der Waals surface area (Å²) in [6, 6.07) is 14.5. The van der Waals surface area contributed by atoms with Crippen molar-refractivity contribution in [3.63, 3.8) is 0 Å². The third-order valence-corrected chi connectivity index (χ3v) is 2.78. The van der Waals surface area contributed by atoms with Crippen molar-refractivity contribution in [2.75, 3.05) is 12.3 Å². The first-order valence-electron chi connectivity index (χ1n) is 6.03. The van der Waals surface area contributed by atoms with Gasteiger partial charge < -0.3 is 11.1 Å². The van der Waals surface area contributed by atoms with Gasteiger partial charge in [0.15, 0.2) is 0 Å². The number of anilines is 1. The maximum absolute atomic E-state index is 12.7. The van der Waals surface area contributed by atoms with Gasteiger partial charge in [0.1, 0.15) is 5.82 Å². The van der Waals surface area contributed by atoms with Crippen LogP contribution < -0.4 is 11.1 Å². The number of nitrogens with one attached hydrogen (secondary N) is 1. The number of benzene rings is 2. The quantitative estimate of drug-likeness (QED) is 0.627. The van der Waals surface area contributed by atoms with Crippen LogP contribution in [0.5, 0.6) is 0 Å². The van der Waals surface area contributed by atoms with Crippen molar-refractivity contribution in [1.29, 1.82) is 0 Å². The molecular weight excluding hydrogens is 227 g/mol. The fraction of sp³-hybridized carbons (Fsp3) is 0.200. The van der Waals surface area contributed by atoms with E-state index in [1.165, 1.54) is 17.7 Å². The van der Waals surface area contributed by atoms with Gasteiger partial charge in [-0.15, -0.1) is 0 Å². The molecule has 18 heavy (non-hydrogen) atoms. The Morgan fingerprint density at radius 2 is 1.78 bits per heavy atom. The summed E-state index contributed by atoms with van der Waals surface area (Å²) in [6.45, 7) is 1.66. The topological polar surface area (TPSA) is 38.0 Å². The lowest BCUT2D eigenvalue weighted by Gasteiger charge is -2.06. The van der Waals surface area contributed by atoms with Gasteiger partial charge in [0.05, 0.1) is 0 Å². The molecule has 0 radical (unpaired) electrons. The van der Waals surface area contributed by atoms with Crippen LogP contribution in [0.15, 0.2) is 48.5 Å². The molecule has 0 amide bonds. The zero-order valence-electron chi connectivity index (χ0n) is 10.2. The van der Waals surface area contributed by atoms with Gasteiger partial charge in [0.25, 0.3) is 0 Å². The van der Waals surface area contributed by atoms with E-state index in [0.29, 0.717) is 0 Å². The molecule has 2 aromatic carbocycles. The molecule has 2 rings (SSSR count). The van der Waals surface area contributed by atoms with Gasteiger partial charge in [0, 0.05) is 12.2 Å². The molecule has 0 aliphatic rings. The molecule has 0 aromatic heterocycles. The molecule has 0 aliphatic carbocycles. The summed E-state index contributed by atoms with van der Waals surface area (Å²) in [5, 5.41) is 3.34. The van der Waals surface area contributed by atoms with Crippen LogP contribution in [0.2, 0.25) is 0 Å². The van der Waals surface area contributed by atoms with Crippen LogP contribution in [0.3, 0.4) is 0 Å². The lowest BCUT2D eigenvalue weighted by Crippen LogP contribution is -2.16. The lowest BCUT2D eigenvalue weighted by molar-refractivity contribution is 0.626. The van der Waals surface area contributed by atoms with Crippen molar-refractivity contribution in [3.8, 4) is 0 Å². The summed E-state index contributed by atoms with van der Waals surface area (Å²) in [4.78, 5) is 0. The number of nitrogen functional groups attached to an aromatic ring is 1. The third-order valence-electron chi connectivity index (χ3n) is 2.78. The zero-order valence-corrected chi connectivity index (χ0v) is 10.2. The minimum Gasteiger partial charge on any atom is -0.399 e. The minimum absolute atomic E-state index is 0.188. The molecule has 0 spiro atoms. The highest BCUT2D eigenvalue weighted by molar-refractivity contribution is 5.40. The van der Waals surface area contributed by atoms with Crippen LogP contribution in [0.1, 0.15) is 11.1 Å². The monoisotopic (exact) mass is 244 g/mol. The highest BCUT2D eigenvalue weighted by Gasteiger charge is 1.96. The first-order valence-corrected chi connectivity index (χ1v) is 6.03. The Kier molecular flexibility index (Phi) is 4.31. The maximum atomic E-state index is 12.7. The number of nitrogens with two attached hydrogens (primary N) is 1. The second-order valence-corrected chi connectivity index (χ2v) is 4.30. The Morgan fingerprint density at radius 3 is 2.50 bits per heavy atom. The molecule has 0 saturated heterocycles. The normalized spacial score (nSPS) is 10.5. The number of hydrogen-bond donors (Lipinski definition) is 2. The first kappa shape index (κ1) is 12.6. The summed E-state index contributed by atoms with van der Waals surface area (Å²) in [5.74, 6) is -0.188. The number of hydrogen-bond acceptors (Lipinski definition) is 2. The van der Waals surface area contributed by atoms with Gasteiger partial charge in [0.2, 0.25) is 0 Å². The smallest absolute Gasteiger partial charge is 0.123 e. The molecule has 94 valence electrons. The van der Waals surface area contributed by atoms with Crippen LogP contribution in [0, 0.1) is 5.82 Å². The molecule has 3 N–H and O–H groups in total. The second kappa shape index (κ2) is 6.17.